The van der Waals surface area contributed by atoms with Crippen molar-refractivity contribution in [1.29, 1.82) is 0 Å². The van der Waals surface area contributed by atoms with Crippen molar-refractivity contribution in [2.75, 3.05) is 11.5 Å². The predicted molar refractivity (Wildman–Crippen MR) is 139 cm³/mol. The normalized spacial score (nSPS) is 15.2. The molecule has 0 saturated carbocycles. The summed E-state index contributed by atoms with van der Waals surface area (Å²) >= 11 is 19.1. The molecule has 0 bridgehead atoms. The smallest absolute Gasteiger partial charge is 0.270 e. The molecule has 1 aromatic heterocycles. The number of nitrogens with zero attached hydrogens (tertiary/aromatic N) is 2. The van der Waals surface area contributed by atoms with Gasteiger partial charge in [-0.2, -0.15) is 0 Å². The second-order valence-corrected chi connectivity index (χ2v) is 9.69. The van der Waals surface area contributed by atoms with E-state index in [-0.39, 0.29) is 5.91 Å². The minimum absolute atomic E-state index is 0.136. The number of ether oxygens (including phenoxy) is 1. The van der Waals surface area contributed by atoms with Gasteiger partial charge in [-0.1, -0.05) is 47.2 Å². The van der Waals surface area contributed by atoms with Crippen molar-refractivity contribution in [2.24, 2.45) is 0 Å². The van der Waals surface area contributed by atoms with E-state index in [0.717, 1.165) is 34.1 Å². The summed E-state index contributed by atoms with van der Waals surface area (Å²) in [5.41, 5.74) is 4.60. The molecule has 2 heterocycles. The SMILES string of the molecule is CCOc1ccc(N2C(=O)/C(=C/c3cc(C)n(-c4ccc(Cl)c(Cl)c4)c3C)SC2=S)cc1. The van der Waals surface area contributed by atoms with Gasteiger partial charge in [-0.15, -0.1) is 0 Å². The maximum atomic E-state index is 13.2. The van der Waals surface area contributed by atoms with E-state index in [4.69, 9.17) is 40.2 Å². The van der Waals surface area contributed by atoms with Gasteiger partial charge in [0.15, 0.2) is 4.32 Å². The Hall–Kier alpha value is -2.25. The summed E-state index contributed by atoms with van der Waals surface area (Å²) in [6.45, 7) is 6.54. The third kappa shape index (κ3) is 4.33. The first-order valence-electron chi connectivity index (χ1n) is 9.95. The van der Waals surface area contributed by atoms with Gasteiger partial charge in [0.2, 0.25) is 0 Å². The van der Waals surface area contributed by atoms with Gasteiger partial charge in [-0.05, 0) is 80.9 Å². The minimum atomic E-state index is -0.136. The number of anilines is 1. The lowest BCUT2D eigenvalue weighted by Gasteiger charge is -2.15. The lowest BCUT2D eigenvalue weighted by molar-refractivity contribution is -0.113. The van der Waals surface area contributed by atoms with Crippen molar-refractivity contribution in [1.82, 2.24) is 4.57 Å². The van der Waals surface area contributed by atoms with Crippen LogP contribution in [0.5, 0.6) is 5.75 Å². The first-order chi connectivity index (χ1) is 15.3. The number of rotatable bonds is 5. The molecule has 0 atom stereocenters. The zero-order valence-electron chi connectivity index (χ0n) is 17.7. The maximum absolute atomic E-state index is 13.2. The second kappa shape index (κ2) is 9.32. The average Bonchev–Trinajstić information content (AvgIpc) is 3.19. The van der Waals surface area contributed by atoms with Crippen LogP contribution in [0.2, 0.25) is 10.0 Å². The monoisotopic (exact) mass is 502 g/mol. The molecular formula is C24H20Cl2N2O2S2. The molecule has 164 valence electrons. The number of hydrogen-bond acceptors (Lipinski definition) is 4. The number of aryl methyl sites for hydroxylation is 1. The molecule has 0 spiro atoms. The van der Waals surface area contributed by atoms with Crippen LogP contribution >= 0.6 is 47.2 Å². The van der Waals surface area contributed by atoms with Crippen LogP contribution in [0.4, 0.5) is 5.69 Å². The van der Waals surface area contributed by atoms with Crippen LogP contribution in [0.1, 0.15) is 23.9 Å². The van der Waals surface area contributed by atoms with Gasteiger partial charge in [-0.25, -0.2) is 0 Å². The van der Waals surface area contributed by atoms with Gasteiger partial charge >= 0.3 is 0 Å². The van der Waals surface area contributed by atoms with Gasteiger partial charge in [0, 0.05) is 17.1 Å². The molecular weight excluding hydrogens is 483 g/mol. The van der Waals surface area contributed by atoms with Gasteiger partial charge < -0.3 is 9.30 Å². The number of aromatic nitrogens is 1. The summed E-state index contributed by atoms with van der Waals surface area (Å²) in [5.74, 6) is 0.621. The molecule has 8 heteroatoms. The Labute approximate surface area is 206 Å². The third-order valence-corrected chi connectivity index (χ3v) is 7.16. The lowest BCUT2D eigenvalue weighted by Crippen LogP contribution is -2.27. The molecule has 4 rings (SSSR count). The van der Waals surface area contributed by atoms with Crippen LogP contribution in [0.3, 0.4) is 0 Å². The number of halogens is 2. The Kier molecular flexibility index (Phi) is 6.67. The molecule has 1 aliphatic rings. The van der Waals surface area contributed by atoms with Crippen molar-refractivity contribution in [3.05, 3.63) is 80.4 Å². The van der Waals surface area contributed by atoms with Crippen molar-refractivity contribution >= 4 is 69.2 Å². The van der Waals surface area contributed by atoms with E-state index >= 15 is 0 Å². The molecule has 0 radical (unpaired) electrons. The van der Waals surface area contributed by atoms with Gasteiger partial charge in [0.25, 0.3) is 5.91 Å². The fraction of sp³-hybridized carbons (Fsp3) is 0.167. The van der Waals surface area contributed by atoms with Crippen LogP contribution in [0.15, 0.2) is 53.4 Å². The van der Waals surface area contributed by atoms with E-state index in [1.165, 1.54) is 11.8 Å². The highest BCUT2D eigenvalue weighted by atomic mass is 35.5. The lowest BCUT2D eigenvalue weighted by atomic mass is 10.2. The molecule has 1 amide bonds. The van der Waals surface area contributed by atoms with Crippen LogP contribution in [0, 0.1) is 13.8 Å². The summed E-state index contributed by atoms with van der Waals surface area (Å²) < 4.78 is 8.07. The fourth-order valence-electron chi connectivity index (χ4n) is 3.64. The number of hydrogen-bond donors (Lipinski definition) is 0. The number of carbonyl (C=O) groups is 1. The Morgan fingerprint density at radius 2 is 1.72 bits per heavy atom. The molecule has 0 aliphatic carbocycles. The highest BCUT2D eigenvalue weighted by molar-refractivity contribution is 8.27. The molecule has 32 heavy (non-hydrogen) atoms. The van der Waals surface area contributed by atoms with Gasteiger partial charge in [0.1, 0.15) is 5.75 Å². The number of amides is 1. The van der Waals surface area contributed by atoms with Crippen molar-refractivity contribution in [3.8, 4) is 11.4 Å². The highest BCUT2D eigenvalue weighted by Crippen LogP contribution is 2.37. The van der Waals surface area contributed by atoms with Crippen LogP contribution in [-0.4, -0.2) is 21.4 Å². The summed E-state index contributed by atoms with van der Waals surface area (Å²) in [7, 11) is 0. The molecule has 1 fully saturated rings. The van der Waals surface area contributed by atoms with E-state index in [1.807, 2.05) is 69.3 Å². The summed E-state index contributed by atoms with van der Waals surface area (Å²) in [6.07, 6.45) is 1.89. The predicted octanol–water partition coefficient (Wildman–Crippen LogP) is 7.21. The van der Waals surface area contributed by atoms with E-state index < -0.39 is 0 Å². The number of benzene rings is 2. The van der Waals surface area contributed by atoms with E-state index in [0.29, 0.717) is 25.9 Å². The maximum Gasteiger partial charge on any atom is 0.270 e. The Balaban J connectivity index is 1.65. The second-order valence-electron chi connectivity index (χ2n) is 7.20. The summed E-state index contributed by atoms with van der Waals surface area (Å²) in [4.78, 5) is 15.3. The molecule has 0 N–H and O–H groups in total. The zero-order valence-corrected chi connectivity index (χ0v) is 20.8. The number of carbonyl (C=O) groups excluding carboxylic acids is 1. The highest BCUT2D eigenvalue weighted by Gasteiger charge is 2.33. The number of thioether (sulfide) groups is 1. The summed E-state index contributed by atoms with van der Waals surface area (Å²) in [6, 6.07) is 14.9. The topological polar surface area (TPSA) is 34.5 Å². The molecule has 3 aromatic rings. The van der Waals surface area contributed by atoms with Gasteiger partial charge in [-0.3, -0.25) is 9.69 Å². The Bertz CT molecular complexity index is 1250. The Morgan fingerprint density at radius 3 is 2.38 bits per heavy atom. The van der Waals surface area contributed by atoms with E-state index in [1.54, 1.807) is 11.0 Å². The number of thiocarbonyl (C=S) groups is 1. The summed E-state index contributed by atoms with van der Waals surface area (Å²) in [5, 5.41) is 1.01. The molecule has 1 aliphatic heterocycles. The Morgan fingerprint density at radius 1 is 1.03 bits per heavy atom. The van der Waals surface area contributed by atoms with Crippen LogP contribution in [-0.2, 0) is 4.79 Å². The molecule has 2 aromatic carbocycles. The molecule has 4 nitrogen and oxygen atoms in total. The largest absolute Gasteiger partial charge is 0.494 e. The van der Waals surface area contributed by atoms with Crippen molar-refractivity contribution in [3.63, 3.8) is 0 Å². The third-order valence-electron chi connectivity index (χ3n) is 5.12. The standard InChI is InChI=1S/C24H20Cl2N2O2S2/c1-4-30-19-8-5-17(6-9-19)28-23(29)22(32-24(28)31)12-16-11-14(2)27(15(16)3)18-7-10-20(25)21(26)13-18/h5-13H,4H2,1-3H3/b22-12-. The van der Waals surface area contributed by atoms with Gasteiger partial charge in [0.05, 0.1) is 27.2 Å². The van der Waals surface area contributed by atoms with Crippen molar-refractivity contribution < 1.29 is 9.53 Å². The van der Waals surface area contributed by atoms with Crippen LogP contribution < -0.4 is 9.64 Å². The molecule has 0 unspecified atom stereocenters. The van der Waals surface area contributed by atoms with E-state index in [9.17, 15) is 4.79 Å². The minimum Gasteiger partial charge on any atom is -0.494 e. The molecule has 1 saturated heterocycles. The average molecular weight is 503 g/mol. The first kappa shape index (κ1) is 22.9. The zero-order chi connectivity index (χ0) is 23.0. The van der Waals surface area contributed by atoms with E-state index in [2.05, 4.69) is 4.57 Å². The van der Waals surface area contributed by atoms with Crippen molar-refractivity contribution in [2.45, 2.75) is 20.8 Å². The first-order valence-corrected chi connectivity index (χ1v) is 11.9. The quantitative estimate of drug-likeness (QED) is 0.272. The van der Waals surface area contributed by atoms with Crippen LogP contribution in [0.25, 0.3) is 11.8 Å². The fourth-order valence-corrected chi connectivity index (χ4v) is 5.23.